The van der Waals surface area contributed by atoms with Gasteiger partial charge in [0.25, 0.3) is 0 Å². The van der Waals surface area contributed by atoms with E-state index in [4.69, 9.17) is 9.84 Å². The van der Waals surface area contributed by atoms with Crippen LogP contribution in [0.1, 0.15) is 61.4 Å². The van der Waals surface area contributed by atoms with Crippen molar-refractivity contribution < 1.29 is 19.4 Å². The van der Waals surface area contributed by atoms with Crippen molar-refractivity contribution in [1.82, 2.24) is 4.57 Å². The van der Waals surface area contributed by atoms with Crippen LogP contribution < -0.4 is 4.74 Å². The Morgan fingerprint density at radius 2 is 1.70 bits per heavy atom. The average molecular weight is 371 g/mol. The molecule has 27 heavy (non-hydrogen) atoms. The lowest BCUT2D eigenvalue weighted by atomic mass is 10.0. The fraction of sp³-hybridized carbons (Fsp3) is 0.455. The fourth-order valence-corrected chi connectivity index (χ4v) is 2.94. The Balaban J connectivity index is 1.68. The maximum absolute atomic E-state index is 12.0. The number of ether oxygens (including phenoxy) is 1. The van der Waals surface area contributed by atoms with E-state index in [1.165, 1.54) is 56.4 Å². The van der Waals surface area contributed by atoms with Crippen LogP contribution in [-0.4, -0.2) is 28.0 Å². The molecule has 1 heterocycles. The minimum atomic E-state index is -1.00. The van der Waals surface area contributed by atoms with Crippen molar-refractivity contribution in [3.63, 3.8) is 0 Å². The molecular weight excluding hydrogens is 342 g/mol. The van der Waals surface area contributed by atoms with Gasteiger partial charge >= 0.3 is 5.97 Å². The van der Waals surface area contributed by atoms with Gasteiger partial charge < -0.3 is 14.4 Å². The zero-order valence-corrected chi connectivity index (χ0v) is 16.0. The van der Waals surface area contributed by atoms with E-state index in [0.717, 1.165) is 6.42 Å². The van der Waals surface area contributed by atoms with Gasteiger partial charge in [0, 0.05) is 12.4 Å². The van der Waals surface area contributed by atoms with Gasteiger partial charge in [-0.3, -0.25) is 4.79 Å². The zero-order chi connectivity index (χ0) is 19.5. The van der Waals surface area contributed by atoms with Crippen LogP contribution in [0, 0.1) is 0 Å². The van der Waals surface area contributed by atoms with E-state index in [0.29, 0.717) is 5.75 Å². The third-order valence-corrected chi connectivity index (χ3v) is 4.50. The summed E-state index contributed by atoms with van der Waals surface area (Å²) in [6.45, 7) is 2.30. The number of Topliss-reactive ketones (excluding diaryl/α,β-unsaturated/α-hetero) is 1. The summed E-state index contributed by atoms with van der Waals surface area (Å²) in [5, 5.41) is 8.89. The van der Waals surface area contributed by atoms with E-state index in [1.807, 2.05) is 12.1 Å². The second-order valence-corrected chi connectivity index (χ2v) is 6.87. The average Bonchev–Trinajstić information content (AvgIpc) is 3.12. The Morgan fingerprint density at radius 3 is 2.37 bits per heavy atom. The van der Waals surface area contributed by atoms with Gasteiger partial charge in [0.2, 0.25) is 0 Å². The number of aromatic carboxylic acids is 1. The van der Waals surface area contributed by atoms with Crippen LogP contribution >= 0.6 is 0 Å². The molecule has 1 aromatic heterocycles. The van der Waals surface area contributed by atoms with Gasteiger partial charge in [0.05, 0.1) is 12.1 Å². The summed E-state index contributed by atoms with van der Waals surface area (Å²) < 4.78 is 7.09. The number of carboxylic acid groups (broad SMARTS) is 1. The third-order valence-electron chi connectivity index (χ3n) is 4.50. The lowest BCUT2D eigenvalue weighted by molar-refractivity contribution is -0.121. The number of aromatic nitrogens is 1. The smallest absolute Gasteiger partial charge is 0.337 e. The van der Waals surface area contributed by atoms with Crippen molar-refractivity contribution in [2.45, 2.75) is 58.4 Å². The van der Waals surface area contributed by atoms with Crippen molar-refractivity contribution in [3.8, 4) is 5.75 Å². The normalized spacial score (nSPS) is 10.7. The first-order chi connectivity index (χ1) is 13.1. The summed E-state index contributed by atoms with van der Waals surface area (Å²) >= 11 is 0. The molecular formula is C22H29NO4. The predicted octanol–water partition coefficient (Wildman–Crippen LogP) is 4.74. The highest BCUT2D eigenvalue weighted by Gasteiger charge is 2.08. The summed E-state index contributed by atoms with van der Waals surface area (Å²) in [5.41, 5.74) is 1.46. The Morgan fingerprint density at radius 1 is 1.00 bits per heavy atom. The molecule has 0 unspecified atom stereocenters. The lowest BCUT2D eigenvalue weighted by Crippen LogP contribution is -2.17. The molecule has 0 bridgehead atoms. The highest BCUT2D eigenvalue weighted by molar-refractivity contribution is 5.87. The van der Waals surface area contributed by atoms with Gasteiger partial charge in [-0.2, -0.15) is 0 Å². The van der Waals surface area contributed by atoms with Crippen LogP contribution in [0.2, 0.25) is 0 Å². The number of carbonyl (C=O) groups is 2. The van der Waals surface area contributed by atoms with Crippen molar-refractivity contribution in [2.75, 3.05) is 6.61 Å². The minimum absolute atomic E-state index is 0.0304. The van der Waals surface area contributed by atoms with E-state index in [9.17, 15) is 9.59 Å². The lowest BCUT2D eigenvalue weighted by Gasteiger charge is -2.07. The molecule has 0 spiro atoms. The summed E-state index contributed by atoms with van der Waals surface area (Å²) in [6.07, 6.45) is 11.8. The maximum Gasteiger partial charge on any atom is 0.337 e. The second kappa shape index (κ2) is 11.2. The number of nitrogens with zero attached hydrogens (tertiary/aromatic N) is 1. The standard InChI is InChI=1S/C22H29NO4/c1-2-3-4-5-6-7-8-18-9-11-21(12-10-18)27-17-20(24)16-23-14-13-19(15-23)22(25)26/h9-15H,2-8,16-17H2,1H3,(H,25,26). The Hall–Kier alpha value is -2.56. The first-order valence-corrected chi connectivity index (χ1v) is 9.71. The van der Waals surface area contributed by atoms with Crippen molar-refractivity contribution in [3.05, 3.63) is 53.9 Å². The summed E-state index contributed by atoms with van der Waals surface area (Å²) in [4.78, 5) is 22.8. The fourth-order valence-electron chi connectivity index (χ4n) is 2.94. The van der Waals surface area contributed by atoms with Gasteiger partial charge in [-0.1, -0.05) is 51.2 Å². The number of ketones is 1. The van der Waals surface area contributed by atoms with Crippen LogP contribution in [0.5, 0.6) is 5.75 Å². The first kappa shape index (κ1) is 20.7. The van der Waals surface area contributed by atoms with E-state index >= 15 is 0 Å². The molecule has 2 aromatic rings. The number of carbonyl (C=O) groups excluding carboxylic acids is 1. The van der Waals surface area contributed by atoms with E-state index in [-0.39, 0.29) is 24.5 Å². The SMILES string of the molecule is CCCCCCCCc1ccc(OCC(=O)Cn2ccc(C(=O)O)c2)cc1. The molecule has 1 aromatic carbocycles. The van der Waals surface area contributed by atoms with Gasteiger partial charge in [-0.25, -0.2) is 4.79 Å². The van der Waals surface area contributed by atoms with Crippen LogP contribution in [-0.2, 0) is 17.8 Å². The van der Waals surface area contributed by atoms with E-state index in [1.54, 1.807) is 10.8 Å². The summed E-state index contributed by atoms with van der Waals surface area (Å²) in [5.74, 6) is -0.439. The minimum Gasteiger partial charge on any atom is -0.486 e. The van der Waals surface area contributed by atoms with Crippen LogP contribution in [0.15, 0.2) is 42.7 Å². The highest BCUT2D eigenvalue weighted by Crippen LogP contribution is 2.15. The zero-order valence-electron chi connectivity index (χ0n) is 16.0. The van der Waals surface area contributed by atoms with E-state index < -0.39 is 5.97 Å². The van der Waals surface area contributed by atoms with Crippen LogP contribution in [0.4, 0.5) is 0 Å². The monoisotopic (exact) mass is 371 g/mol. The van der Waals surface area contributed by atoms with Gasteiger partial charge in [-0.05, 0) is 36.6 Å². The molecule has 0 fully saturated rings. The second-order valence-electron chi connectivity index (χ2n) is 6.87. The Kier molecular flexibility index (Phi) is 8.62. The molecule has 0 radical (unpaired) electrons. The molecule has 5 heteroatoms. The summed E-state index contributed by atoms with van der Waals surface area (Å²) in [7, 11) is 0. The number of rotatable bonds is 13. The summed E-state index contributed by atoms with van der Waals surface area (Å²) in [6, 6.07) is 9.38. The molecule has 0 atom stereocenters. The first-order valence-electron chi connectivity index (χ1n) is 9.71. The number of unbranched alkanes of at least 4 members (excludes halogenated alkanes) is 5. The maximum atomic E-state index is 12.0. The molecule has 146 valence electrons. The molecule has 1 N–H and O–H groups in total. The van der Waals surface area contributed by atoms with Crippen molar-refractivity contribution >= 4 is 11.8 Å². The van der Waals surface area contributed by atoms with Gasteiger partial charge in [0.15, 0.2) is 5.78 Å². The Labute approximate surface area is 161 Å². The van der Waals surface area contributed by atoms with E-state index in [2.05, 4.69) is 19.1 Å². The highest BCUT2D eigenvalue weighted by atomic mass is 16.5. The number of carboxylic acids is 1. The third kappa shape index (κ3) is 7.69. The molecule has 2 rings (SSSR count). The molecule has 0 aliphatic rings. The van der Waals surface area contributed by atoms with Crippen LogP contribution in [0.3, 0.4) is 0 Å². The molecule has 0 aliphatic carbocycles. The van der Waals surface area contributed by atoms with Crippen molar-refractivity contribution in [2.24, 2.45) is 0 Å². The number of hydrogen-bond donors (Lipinski definition) is 1. The largest absolute Gasteiger partial charge is 0.486 e. The number of hydrogen-bond acceptors (Lipinski definition) is 3. The van der Waals surface area contributed by atoms with Crippen molar-refractivity contribution in [1.29, 1.82) is 0 Å². The molecule has 0 saturated heterocycles. The van der Waals surface area contributed by atoms with Gasteiger partial charge in [0.1, 0.15) is 12.4 Å². The quantitative estimate of drug-likeness (QED) is 0.517. The van der Waals surface area contributed by atoms with Gasteiger partial charge in [-0.15, -0.1) is 0 Å². The molecule has 5 nitrogen and oxygen atoms in total. The number of aryl methyl sites for hydroxylation is 1. The number of benzene rings is 1. The Bertz CT molecular complexity index is 718. The topological polar surface area (TPSA) is 68.5 Å². The van der Waals surface area contributed by atoms with Crippen LogP contribution in [0.25, 0.3) is 0 Å². The molecule has 0 amide bonds. The molecule has 0 saturated carbocycles. The molecule has 0 aliphatic heterocycles. The predicted molar refractivity (Wildman–Crippen MR) is 105 cm³/mol.